The van der Waals surface area contributed by atoms with Crippen molar-refractivity contribution in [3.63, 3.8) is 0 Å². The maximum Gasteiger partial charge on any atom is 0.133 e. The van der Waals surface area contributed by atoms with Gasteiger partial charge in [0, 0.05) is 17.8 Å². The van der Waals surface area contributed by atoms with Crippen LogP contribution in [0.5, 0.6) is 5.75 Å². The Bertz CT molecular complexity index is 342. The summed E-state index contributed by atoms with van der Waals surface area (Å²) in [7, 11) is 0. The minimum atomic E-state index is 0.230. The zero-order valence-corrected chi connectivity index (χ0v) is 11.0. The molecule has 1 fully saturated rings. The lowest BCUT2D eigenvalue weighted by molar-refractivity contribution is 0.381. The minimum absolute atomic E-state index is 0.230. The third-order valence-corrected chi connectivity index (χ3v) is 4.53. The average molecular weight is 252 g/mol. The van der Waals surface area contributed by atoms with E-state index in [1.165, 1.54) is 31.9 Å². The van der Waals surface area contributed by atoms with Gasteiger partial charge in [0.25, 0.3) is 0 Å². The van der Waals surface area contributed by atoms with Crippen LogP contribution in [0.4, 0.5) is 0 Å². The van der Waals surface area contributed by atoms with E-state index < -0.39 is 0 Å². The zero-order valence-electron chi connectivity index (χ0n) is 10.2. The Morgan fingerprint density at radius 3 is 2.94 bits per heavy atom. The Balaban J connectivity index is 1.86. The van der Waals surface area contributed by atoms with Crippen LogP contribution < -0.4 is 5.32 Å². The summed E-state index contributed by atoms with van der Waals surface area (Å²) >= 11 is 1.97. The van der Waals surface area contributed by atoms with E-state index in [-0.39, 0.29) is 5.75 Å². The molecule has 94 valence electrons. The highest BCUT2D eigenvalue weighted by atomic mass is 32.2. The average Bonchev–Trinajstić information content (AvgIpc) is 2.38. The van der Waals surface area contributed by atoms with E-state index in [9.17, 15) is 0 Å². The third-order valence-electron chi connectivity index (χ3n) is 3.36. The Kier molecular flexibility index (Phi) is 4.68. The molecule has 1 aliphatic carbocycles. The number of aromatic nitrogens is 1. The first-order valence-electron chi connectivity index (χ1n) is 6.19. The SMILES string of the molecule is CSC1CCCCC1NCc1ccc(O)cn1. The molecule has 1 aromatic heterocycles. The molecule has 4 heteroatoms. The van der Waals surface area contributed by atoms with Gasteiger partial charge >= 0.3 is 0 Å². The zero-order chi connectivity index (χ0) is 12.1. The highest BCUT2D eigenvalue weighted by molar-refractivity contribution is 7.99. The molecule has 1 aromatic rings. The van der Waals surface area contributed by atoms with Crippen LogP contribution in [0.1, 0.15) is 31.4 Å². The van der Waals surface area contributed by atoms with E-state index >= 15 is 0 Å². The highest BCUT2D eigenvalue weighted by Gasteiger charge is 2.23. The highest BCUT2D eigenvalue weighted by Crippen LogP contribution is 2.27. The largest absolute Gasteiger partial charge is 0.506 e. The van der Waals surface area contributed by atoms with E-state index in [0.717, 1.165) is 17.5 Å². The number of hydrogen-bond donors (Lipinski definition) is 2. The molecule has 0 aliphatic heterocycles. The summed E-state index contributed by atoms with van der Waals surface area (Å²) in [6.07, 6.45) is 8.98. The van der Waals surface area contributed by atoms with Gasteiger partial charge in [-0.05, 0) is 31.2 Å². The van der Waals surface area contributed by atoms with Gasteiger partial charge in [0.2, 0.25) is 0 Å². The molecule has 1 heterocycles. The second-order valence-corrected chi connectivity index (χ2v) is 5.63. The van der Waals surface area contributed by atoms with Crippen LogP contribution in [-0.4, -0.2) is 27.6 Å². The second-order valence-electron chi connectivity index (χ2n) is 4.55. The molecule has 2 rings (SSSR count). The maximum atomic E-state index is 9.17. The Labute approximate surface area is 107 Å². The van der Waals surface area contributed by atoms with Crippen molar-refractivity contribution >= 4 is 11.8 Å². The van der Waals surface area contributed by atoms with Gasteiger partial charge in [0.15, 0.2) is 0 Å². The molecule has 1 aliphatic rings. The lowest BCUT2D eigenvalue weighted by atomic mass is 9.95. The van der Waals surface area contributed by atoms with E-state index in [0.29, 0.717) is 6.04 Å². The molecule has 0 radical (unpaired) electrons. The van der Waals surface area contributed by atoms with Gasteiger partial charge < -0.3 is 10.4 Å². The number of aromatic hydroxyl groups is 1. The number of thioether (sulfide) groups is 1. The Hall–Kier alpha value is -0.740. The predicted octanol–water partition coefficient (Wildman–Crippen LogP) is 2.55. The summed E-state index contributed by atoms with van der Waals surface area (Å²) < 4.78 is 0. The Morgan fingerprint density at radius 1 is 1.41 bits per heavy atom. The predicted molar refractivity (Wildman–Crippen MR) is 72.3 cm³/mol. The quantitative estimate of drug-likeness (QED) is 0.864. The maximum absolute atomic E-state index is 9.17. The summed E-state index contributed by atoms with van der Waals surface area (Å²) in [6.45, 7) is 0.794. The smallest absolute Gasteiger partial charge is 0.133 e. The molecule has 2 N–H and O–H groups in total. The first-order chi connectivity index (χ1) is 8.29. The summed E-state index contributed by atoms with van der Waals surface area (Å²) in [5, 5.41) is 13.5. The monoisotopic (exact) mass is 252 g/mol. The molecule has 17 heavy (non-hydrogen) atoms. The molecule has 0 aromatic carbocycles. The summed E-state index contributed by atoms with van der Waals surface area (Å²) in [4.78, 5) is 4.19. The van der Waals surface area contributed by atoms with Gasteiger partial charge in [-0.3, -0.25) is 4.98 Å². The van der Waals surface area contributed by atoms with Crippen molar-refractivity contribution in [1.29, 1.82) is 0 Å². The first kappa shape index (κ1) is 12.7. The number of nitrogens with one attached hydrogen (secondary N) is 1. The molecule has 2 unspecified atom stereocenters. The van der Waals surface area contributed by atoms with Crippen LogP contribution in [0, 0.1) is 0 Å². The van der Waals surface area contributed by atoms with Gasteiger partial charge in [0.05, 0.1) is 11.9 Å². The van der Waals surface area contributed by atoms with Gasteiger partial charge in [-0.25, -0.2) is 0 Å². The first-order valence-corrected chi connectivity index (χ1v) is 7.48. The van der Waals surface area contributed by atoms with Crippen molar-refractivity contribution < 1.29 is 5.11 Å². The van der Waals surface area contributed by atoms with Crippen molar-refractivity contribution in [3.05, 3.63) is 24.0 Å². The van der Waals surface area contributed by atoms with Crippen molar-refractivity contribution in [3.8, 4) is 5.75 Å². The lowest BCUT2D eigenvalue weighted by Crippen LogP contribution is -2.40. The normalized spacial score (nSPS) is 24.8. The van der Waals surface area contributed by atoms with Crippen molar-refractivity contribution in [2.45, 2.75) is 43.5 Å². The summed E-state index contributed by atoms with van der Waals surface area (Å²) in [6, 6.07) is 4.17. The van der Waals surface area contributed by atoms with Crippen molar-refractivity contribution in [1.82, 2.24) is 10.3 Å². The fourth-order valence-electron chi connectivity index (χ4n) is 2.37. The van der Waals surface area contributed by atoms with Gasteiger partial charge in [-0.1, -0.05) is 12.8 Å². The van der Waals surface area contributed by atoms with Crippen LogP contribution in [0.15, 0.2) is 18.3 Å². The summed E-state index contributed by atoms with van der Waals surface area (Å²) in [5.41, 5.74) is 0.994. The summed E-state index contributed by atoms with van der Waals surface area (Å²) in [5.74, 6) is 0.230. The fourth-order valence-corrected chi connectivity index (χ4v) is 3.33. The van der Waals surface area contributed by atoms with E-state index in [1.807, 2.05) is 17.8 Å². The second kappa shape index (κ2) is 6.26. The number of hydrogen-bond acceptors (Lipinski definition) is 4. The molecule has 3 nitrogen and oxygen atoms in total. The van der Waals surface area contributed by atoms with E-state index in [1.54, 1.807) is 6.07 Å². The molecule has 1 saturated carbocycles. The molecule has 0 bridgehead atoms. The fraction of sp³-hybridized carbons (Fsp3) is 0.615. The molecule has 2 atom stereocenters. The lowest BCUT2D eigenvalue weighted by Gasteiger charge is -2.31. The van der Waals surface area contributed by atoms with E-state index in [2.05, 4.69) is 16.6 Å². The molecule has 0 saturated heterocycles. The van der Waals surface area contributed by atoms with E-state index in [4.69, 9.17) is 5.11 Å². The molecular formula is C13H20N2OS. The molecule has 0 amide bonds. The number of nitrogens with zero attached hydrogens (tertiary/aromatic N) is 1. The third kappa shape index (κ3) is 3.61. The molecular weight excluding hydrogens is 232 g/mol. The van der Waals surface area contributed by atoms with Crippen LogP contribution in [0.25, 0.3) is 0 Å². The van der Waals surface area contributed by atoms with Crippen molar-refractivity contribution in [2.24, 2.45) is 0 Å². The van der Waals surface area contributed by atoms with Crippen LogP contribution in [-0.2, 0) is 6.54 Å². The topological polar surface area (TPSA) is 45.1 Å². The van der Waals surface area contributed by atoms with Crippen molar-refractivity contribution in [2.75, 3.05) is 6.26 Å². The Morgan fingerprint density at radius 2 is 2.24 bits per heavy atom. The number of rotatable bonds is 4. The molecule has 0 spiro atoms. The number of pyridine rings is 1. The minimum Gasteiger partial charge on any atom is -0.506 e. The van der Waals surface area contributed by atoms with Crippen LogP contribution >= 0.6 is 11.8 Å². The van der Waals surface area contributed by atoms with Gasteiger partial charge in [-0.2, -0.15) is 11.8 Å². The van der Waals surface area contributed by atoms with Gasteiger partial charge in [0.1, 0.15) is 5.75 Å². The van der Waals surface area contributed by atoms with Crippen LogP contribution in [0.3, 0.4) is 0 Å². The van der Waals surface area contributed by atoms with Crippen LogP contribution in [0.2, 0.25) is 0 Å². The standard InChI is InChI=1S/C13H20N2OS/c1-17-13-5-3-2-4-12(13)15-8-10-6-7-11(16)9-14-10/h6-7,9,12-13,15-16H,2-5,8H2,1H3. The van der Waals surface area contributed by atoms with Gasteiger partial charge in [-0.15, -0.1) is 0 Å².